The molecule has 0 unspecified atom stereocenters. The lowest BCUT2D eigenvalue weighted by molar-refractivity contribution is -0.148. The smallest absolute Gasteiger partial charge is 0.255 e. The number of nitrogens with zero attached hydrogens (tertiary/aromatic N) is 2. The number of aromatic hydroxyl groups is 1. The van der Waals surface area contributed by atoms with Crippen molar-refractivity contribution < 1.29 is 39.2 Å². The summed E-state index contributed by atoms with van der Waals surface area (Å²) >= 11 is 0. The third-order valence-corrected chi connectivity index (χ3v) is 8.87. The van der Waals surface area contributed by atoms with E-state index in [4.69, 9.17) is 10.2 Å². The van der Waals surface area contributed by atoms with E-state index in [-0.39, 0.29) is 35.3 Å². The number of benzene rings is 2. The molecule has 1 heterocycles. The predicted octanol–water partition coefficient (Wildman–Crippen LogP) is 2.60. The predicted molar refractivity (Wildman–Crippen MR) is 153 cm³/mol. The monoisotopic (exact) mass is 573 g/mol. The summed E-state index contributed by atoms with van der Waals surface area (Å²) < 4.78 is 5.99. The minimum atomic E-state index is -2.69. The van der Waals surface area contributed by atoms with Crippen LogP contribution in [0.15, 0.2) is 63.5 Å². The van der Waals surface area contributed by atoms with Crippen molar-refractivity contribution in [2.24, 2.45) is 17.6 Å². The highest BCUT2D eigenvalue weighted by atomic mass is 16.4. The molecule has 11 heteroatoms. The summed E-state index contributed by atoms with van der Waals surface area (Å²) in [4.78, 5) is 43.3. The number of phenolic OH excluding ortho intramolecular Hbond substituents is 1. The van der Waals surface area contributed by atoms with Crippen LogP contribution in [0.25, 0.3) is 22.3 Å². The van der Waals surface area contributed by atoms with Crippen molar-refractivity contribution in [3.8, 4) is 17.1 Å². The van der Waals surface area contributed by atoms with Crippen molar-refractivity contribution in [1.29, 1.82) is 0 Å². The lowest BCUT2D eigenvalue weighted by atomic mass is 9.58. The fraction of sp³-hybridized carbons (Fsp3) is 0.323. The number of anilines is 1. The van der Waals surface area contributed by atoms with Crippen molar-refractivity contribution in [2.45, 2.75) is 24.5 Å². The summed E-state index contributed by atoms with van der Waals surface area (Å²) in [5.41, 5.74) is 3.63. The number of para-hydroxylation sites is 1. The number of aliphatic hydroxyl groups is 3. The van der Waals surface area contributed by atoms with Crippen LogP contribution < -0.4 is 10.6 Å². The van der Waals surface area contributed by atoms with Gasteiger partial charge in [0.05, 0.1) is 17.2 Å². The molecular weight excluding hydrogens is 542 g/mol. The van der Waals surface area contributed by atoms with Gasteiger partial charge >= 0.3 is 0 Å². The lowest BCUT2D eigenvalue weighted by Gasteiger charge is -2.50. The average molecular weight is 574 g/mol. The first-order chi connectivity index (χ1) is 19.8. The first-order valence-electron chi connectivity index (χ1n) is 13.5. The summed E-state index contributed by atoms with van der Waals surface area (Å²) in [6.45, 7) is 0. The third kappa shape index (κ3) is 3.56. The minimum Gasteiger partial charge on any atom is -0.510 e. The van der Waals surface area contributed by atoms with E-state index in [0.29, 0.717) is 22.6 Å². The Morgan fingerprint density at radius 1 is 1.07 bits per heavy atom. The van der Waals surface area contributed by atoms with Gasteiger partial charge in [-0.15, -0.1) is 0 Å². The Morgan fingerprint density at radius 2 is 1.76 bits per heavy atom. The van der Waals surface area contributed by atoms with Crippen LogP contribution in [0, 0.1) is 11.8 Å². The fourth-order valence-electron chi connectivity index (χ4n) is 7.00. The van der Waals surface area contributed by atoms with Gasteiger partial charge in [0.25, 0.3) is 5.91 Å². The quantitative estimate of drug-likeness (QED) is 0.292. The summed E-state index contributed by atoms with van der Waals surface area (Å²) in [6, 6.07) is 9.76. The molecule has 0 saturated carbocycles. The summed E-state index contributed by atoms with van der Waals surface area (Å²) in [7, 11) is 6.79. The third-order valence-electron chi connectivity index (χ3n) is 8.87. The number of aliphatic hydroxyl groups excluding tert-OH is 2. The number of hydrogen-bond donors (Lipinski definition) is 5. The van der Waals surface area contributed by atoms with Gasteiger partial charge in [-0.3, -0.25) is 19.3 Å². The standard InChI is InChI=1S/C31H31N3O8/c1-33(2)18-12-16(20-11-13-7-5-6-8-19(13)42-20)25(35)22-15(18)9-14-10-17-24(34(3)4)27(37)23(30(32)40)29(39)31(17,41)28(38)21(14)26(22)36/h5-8,11-12,14,17,24,35,37-38,41H,9-10H2,1-4H3,(H2,32,40)/t14-,17-,24+,31+/m0/s1. The van der Waals surface area contributed by atoms with Crippen LogP contribution in [-0.2, 0) is 16.0 Å². The molecule has 6 rings (SSSR count). The second-order valence-corrected chi connectivity index (χ2v) is 11.7. The van der Waals surface area contributed by atoms with E-state index < -0.39 is 58.0 Å². The van der Waals surface area contributed by atoms with E-state index in [0.717, 1.165) is 5.39 Å². The average Bonchev–Trinajstić information content (AvgIpc) is 3.34. The summed E-state index contributed by atoms with van der Waals surface area (Å²) in [5.74, 6) is -6.57. The van der Waals surface area contributed by atoms with Crippen LogP contribution in [0.5, 0.6) is 5.75 Å². The Bertz CT molecular complexity index is 1750. The highest BCUT2D eigenvalue weighted by Crippen LogP contribution is 2.54. The minimum absolute atomic E-state index is 0.0186. The topological polar surface area (TPSA) is 178 Å². The lowest BCUT2D eigenvalue weighted by Crippen LogP contribution is -2.63. The molecule has 3 aromatic rings. The van der Waals surface area contributed by atoms with Crippen molar-refractivity contribution in [1.82, 2.24) is 4.90 Å². The van der Waals surface area contributed by atoms with Gasteiger partial charge in [-0.05, 0) is 56.6 Å². The zero-order valence-electron chi connectivity index (χ0n) is 23.5. The zero-order chi connectivity index (χ0) is 30.4. The molecule has 11 nitrogen and oxygen atoms in total. The van der Waals surface area contributed by atoms with Crippen molar-refractivity contribution in [2.75, 3.05) is 33.1 Å². The van der Waals surface area contributed by atoms with E-state index in [9.17, 15) is 34.8 Å². The Kier molecular flexibility index (Phi) is 6.03. The van der Waals surface area contributed by atoms with Gasteiger partial charge in [0.1, 0.15) is 34.2 Å². The van der Waals surface area contributed by atoms with Crippen molar-refractivity contribution in [3.63, 3.8) is 0 Å². The number of hydrogen-bond acceptors (Lipinski definition) is 10. The van der Waals surface area contributed by atoms with Gasteiger partial charge in [0.2, 0.25) is 5.78 Å². The van der Waals surface area contributed by atoms with Crippen LogP contribution in [0.2, 0.25) is 0 Å². The van der Waals surface area contributed by atoms with E-state index in [1.807, 2.05) is 23.1 Å². The van der Waals surface area contributed by atoms with Crippen LogP contribution in [-0.4, -0.2) is 82.6 Å². The van der Waals surface area contributed by atoms with Gasteiger partial charge in [-0.2, -0.15) is 0 Å². The molecule has 3 aliphatic carbocycles. The zero-order valence-corrected chi connectivity index (χ0v) is 23.5. The maximum absolute atomic E-state index is 14.2. The SMILES string of the molecule is CN(C)c1cc(-c2cc3ccccc3o2)c(O)c2c1C[C@H]1C[C@H]3[C@@H](N(C)C)C(O)=C(C(N)=O)C(=O)[C@]3(O)C(O)=C1C2=O. The number of carbonyl (C=O) groups excluding carboxylic acids is 3. The highest BCUT2D eigenvalue weighted by Gasteiger charge is 2.63. The number of nitrogens with two attached hydrogens (primary N) is 1. The van der Waals surface area contributed by atoms with Gasteiger partial charge < -0.3 is 35.5 Å². The van der Waals surface area contributed by atoms with Crippen molar-refractivity contribution in [3.05, 3.63) is 70.2 Å². The van der Waals surface area contributed by atoms with E-state index in [1.54, 1.807) is 46.4 Å². The van der Waals surface area contributed by atoms with E-state index in [2.05, 4.69) is 0 Å². The number of amides is 1. The van der Waals surface area contributed by atoms with E-state index in [1.165, 1.54) is 4.90 Å². The largest absolute Gasteiger partial charge is 0.510 e. The maximum atomic E-state index is 14.2. The van der Waals surface area contributed by atoms with Gasteiger partial charge in [0, 0.05) is 36.7 Å². The van der Waals surface area contributed by atoms with E-state index >= 15 is 0 Å². The van der Waals surface area contributed by atoms with Crippen LogP contribution in [0.4, 0.5) is 5.69 Å². The molecule has 1 amide bonds. The molecule has 3 aliphatic rings. The van der Waals surface area contributed by atoms with Gasteiger partial charge in [0.15, 0.2) is 11.4 Å². The number of carbonyl (C=O) groups is 3. The number of allylic oxidation sites excluding steroid dienone is 1. The Balaban J connectivity index is 1.57. The summed E-state index contributed by atoms with van der Waals surface area (Å²) in [5, 5.41) is 46.7. The second kappa shape index (κ2) is 9.20. The number of furan rings is 1. The Hall–Kier alpha value is -4.61. The molecule has 1 aromatic heterocycles. The Morgan fingerprint density at radius 3 is 2.38 bits per heavy atom. The molecule has 0 bridgehead atoms. The van der Waals surface area contributed by atoms with Gasteiger partial charge in [-0.25, -0.2) is 0 Å². The number of phenols is 1. The molecule has 0 radical (unpaired) electrons. The van der Waals surface area contributed by atoms with Crippen LogP contribution in [0.1, 0.15) is 22.3 Å². The number of likely N-dealkylation sites (N-methyl/N-ethyl adjacent to an activating group) is 1. The maximum Gasteiger partial charge on any atom is 0.255 e. The second-order valence-electron chi connectivity index (χ2n) is 11.7. The molecule has 6 N–H and O–H groups in total. The van der Waals surface area contributed by atoms with Crippen molar-refractivity contribution >= 4 is 34.1 Å². The normalized spacial score (nSPS) is 25.5. The fourth-order valence-corrected chi connectivity index (χ4v) is 7.00. The molecule has 0 aliphatic heterocycles. The first-order valence-corrected chi connectivity index (χ1v) is 13.5. The highest BCUT2D eigenvalue weighted by molar-refractivity contribution is 6.25. The molecule has 0 saturated heterocycles. The molecule has 2 aromatic carbocycles. The number of fused-ring (bicyclic) bond motifs is 4. The Labute approximate surface area is 240 Å². The molecule has 0 spiro atoms. The number of primary amides is 1. The van der Waals surface area contributed by atoms with Gasteiger partial charge in [-0.1, -0.05) is 18.2 Å². The van der Waals surface area contributed by atoms with Crippen LogP contribution in [0.3, 0.4) is 0 Å². The van der Waals surface area contributed by atoms with Crippen LogP contribution >= 0.6 is 0 Å². The molecule has 4 atom stereocenters. The molecule has 42 heavy (non-hydrogen) atoms. The number of Topliss-reactive ketones (excluding diaryl/α,β-unsaturated/α-hetero) is 2. The molecule has 0 fully saturated rings. The molecular formula is C31H31N3O8. The number of rotatable bonds is 4. The summed E-state index contributed by atoms with van der Waals surface area (Å²) in [6.07, 6.45) is 0.209. The first kappa shape index (κ1) is 27.6. The number of ketones is 2. The molecule has 218 valence electrons.